The highest BCUT2D eigenvalue weighted by Crippen LogP contribution is 2.15. The fourth-order valence-electron chi connectivity index (χ4n) is 1.57. The van der Waals surface area contributed by atoms with Crippen LogP contribution in [0.25, 0.3) is 0 Å². The number of nitrogens with zero attached hydrogens (tertiary/aromatic N) is 1. The van der Waals surface area contributed by atoms with E-state index < -0.39 is 0 Å². The molecule has 18 heavy (non-hydrogen) atoms. The van der Waals surface area contributed by atoms with Crippen molar-refractivity contribution in [2.75, 3.05) is 18.0 Å². The van der Waals surface area contributed by atoms with Crippen molar-refractivity contribution in [2.24, 2.45) is 0 Å². The Bertz CT molecular complexity index is 455. The monoisotopic (exact) mass is 246 g/mol. The first-order valence-corrected chi connectivity index (χ1v) is 5.77. The van der Waals surface area contributed by atoms with E-state index in [2.05, 4.69) is 11.9 Å². The lowest BCUT2D eigenvalue weighted by Gasteiger charge is -2.20. The van der Waals surface area contributed by atoms with Gasteiger partial charge in [-0.15, -0.1) is 6.58 Å². The lowest BCUT2D eigenvalue weighted by molar-refractivity contribution is -0.122. The normalized spacial score (nSPS) is 9.67. The van der Waals surface area contributed by atoms with Gasteiger partial charge in [0, 0.05) is 19.2 Å². The molecule has 0 saturated carbocycles. The summed E-state index contributed by atoms with van der Waals surface area (Å²) in [5.74, 6) is -0.360. The Labute approximate surface area is 107 Å². The molecule has 0 aliphatic heterocycles. The second kappa shape index (κ2) is 6.59. The molecular formula is C14H18N2O2. The number of aryl methyl sites for hydroxylation is 1. The van der Waals surface area contributed by atoms with Crippen molar-refractivity contribution >= 4 is 17.5 Å². The summed E-state index contributed by atoms with van der Waals surface area (Å²) in [6, 6.07) is 7.50. The van der Waals surface area contributed by atoms with Crippen LogP contribution in [0.2, 0.25) is 0 Å². The first kappa shape index (κ1) is 14.0. The predicted octanol–water partition coefficient (Wildman–Crippen LogP) is 1.65. The Kier molecular flexibility index (Phi) is 5.11. The van der Waals surface area contributed by atoms with E-state index in [0.717, 1.165) is 11.3 Å². The fourth-order valence-corrected chi connectivity index (χ4v) is 1.57. The second-order valence-electron chi connectivity index (χ2n) is 4.04. The number of anilines is 1. The maximum absolute atomic E-state index is 11.6. The van der Waals surface area contributed by atoms with Gasteiger partial charge >= 0.3 is 0 Å². The van der Waals surface area contributed by atoms with E-state index in [-0.39, 0.29) is 18.4 Å². The van der Waals surface area contributed by atoms with Gasteiger partial charge in [0.2, 0.25) is 11.8 Å². The van der Waals surface area contributed by atoms with Gasteiger partial charge in [0.25, 0.3) is 0 Å². The van der Waals surface area contributed by atoms with Crippen molar-refractivity contribution in [3.8, 4) is 0 Å². The lowest BCUT2D eigenvalue weighted by Crippen LogP contribution is -2.39. The zero-order valence-corrected chi connectivity index (χ0v) is 10.8. The molecule has 0 aliphatic carbocycles. The Morgan fingerprint density at radius 3 is 2.72 bits per heavy atom. The van der Waals surface area contributed by atoms with Gasteiger partial charge < -0.3 is 10.2 Å². The topological polar surface area (TPSA) is 49.4 Å². The van der Waals surface area contributed by atoms with Crippen LogP contribution in [0.1, 0.15) is 12.5 Å². The molecule has 0 spiro atoms. The third-order valence-electron chi connectivity index (χ3n) is 2.44. The number of nitrogens with one attached hydrogen (secondary N) is 1. The van der Waals surface area contributed by atoms with Crippen molar-refractivity contribution in [3.63, 3.8) is 0 Å². The van der Waals surface area contributed by atoms with E-state index >= 15 is 0 Å². The van der Waals surface area contributed by atoms with Crippen LogP contribution in [0, 0.1) is 6.92 Å². The maximum Gasteiger partial charge on any atom is 0.240 e. The summed E-state index contributed by atoms with van der Waals surface area (Å²) in [5.41, 5.74) is 1.78. The van der Waals surface area contributed by atoms with Gasteiger partial charge in [0.05, 0.1) is 0 Å². The first-order chi connectivity index (χ1) is 8.54. The van der Waals surface area contributed by atoms with Crippen LogP contribution in [0.3, 0.4) is 0 Å². The van der Waals surface area contributed by atoms with Crippen LogP contribution in [-0.2, 0) is 9.59 Å². The largest absolute Gasteiger partial charge is 0.351 e. The fraction of sp³-hybridized carbons (Fsp3) is 0.286. The molecule has 1 N–H and O–H groups in total. The molecule has 0 radical (unpaired) electrons. The first-order valence-electron chi connectivity index (χ1n) is 5.77. The van der Waals surface area contributed by atoms with Crippen LogP contribution in [-0.4, -0.2) is 24.9 Å². The number of carbonyl (C=O) groups is 2. The molecule has 0 bridgehead atoms. The standard InChI is InChI=1S/C14H18N2O2/c1-4-8-15-14(18)10-16(12(3)17)13-7-5-6-11(2)9-13/h4-7,9H,1,8,10H2,2-3H3,(H,15,18). The van der Waals surface area contributed by atoms with Gasteiger partial charge in [-0.3, -0.25) is 9.59 Å². The van der Waals surface area contributed by atoms with E-state index in [1.165, 1.54) is 11.8 Å². The quantitative estimate of drug-likeness (QED) is 0.803. The van der Waals surface area contributed by atoms with Crippen molar-refractivity contribution < 1.29 is 9.59 Å². The molecular weight excluding hydrogens is 228 g/mol. The molecule has 0 unspecified atom stereocenters. The van der Waals surface area contributed by atoms with E-state index in [1.54, 1.807) is 6.08 Å². The highest BCUT2D eigenvalue weighted by Gasteiger charge is 2.15. The minimum Gasteiger partial charge on any atom is -0.351 e. The summed E-state index contributed by atoms with van der Waals surface area (Å²) < 4.78 is 0. The molecule has 96 valence electrons. The molecule has 4 nitrogen and oxygen atoms in total. The van der Waals surface area contributed by atoms with Crippen molar-refractivity contribution in [3.05, 3.63) is 42.5 Å². The second-order valence-corrected chi connectivity index (χ2v) is 4.04. The SMILES string of the molecule is C=CCNC(=O)CN(C(C)=O)c1cccc(C)c1. The van der Waals surface area contributed by atoms with Gasteiger partial charge in [-0.25, -0.2) is 0 Å². The van der Waals surface area contributed by atoms with Crippen molar-refractivity contribution in [1.82, 2.24) is 5.32 Å². The van der Waals surface area contributed by atoms with Crippen molar-refractivity contribution in [2.45, 2.75) is 13.8 Å². The average molecular weight is 246 g/mol. The Hall–Kier alpha value is -2.10. The molecule has 0 aromatic heterocycles. The Morgan fingerprint density at radius 1 is 1.44 bits per heavy atom. The number of rotatable bonds is 5. The minimum atomic E-state index is -0.202. The van der Waals surface area contributed by atoms with Crippen molar-refractivity contribution in [1.29, 1.82) is 0 Å². The number of hydrogen-bond donors (Lipinski definition) is 1. The van der Waals surface area contributed by atoms with E-state index in [4.69, 9.17) is 0 Å². The lowest BCUT2D eigenvalue weighted by atomic mass is 10.2. The van der Waals surface area contributed by atoms with E-state index in [9.17, 15) is 9.59 Å². The summed E-state index contributed by atoms with van der Waals surface area (Å²) in [5, 5.41) is 2.65. The average Bonchev–Trinajstić information content (AvgIpc) is 2.33. The van der Waals surface area contributed by atoms with Crippen LogP contribution in [0.15, 0.2) is 36.9 Å². The zero-order valence-electron chi connectivity index (χ0n) is 10.8. The van der Waals surface area contributed by atoms with Gasteiger partial charge in [-0.1, -0.05) is 18.2 Å². The van der Waals surface area contributed by atoms with Crippen LogP contribution < -0.4 is 10.2 Å². The van der Waals surface area contributed by atoms with Gasteiger partial charge in [-0.05, 0) is 24.6 Å². The highest BCUT2D eigenvalue weighted by molar-refractivity contribution is 5.97. The summed E-state index contributed by atoms with van der Waals surface area (Å²) in [6.07, 6.45) is 1.60. The maximum atomic E-state index is 11.6. The zero-order chi connectivity index (χ0) is 13.5. The molecule has 0 fully saturated rings. The highest BCUT2D eigenvalue weighted by atomic mass is 16.2. The molecule has 0 saturated heterocycles. The predicted molar refractivity (Wildman–Crippen MR) is 72.4 cm³/mol. The molecule has 1 aromatic rings. The minimum absolute atomic E-state index is 0.0205. The summed E-state index contributed by atoms with van der Waals surface area (Å²) in [6.45, 7) is 7.33. The summed E-state index contributed by atoms with van der Waals surface area (Å²) in [7, 11) is 0. The Balaban J connectivity index is 2.80. The molecule has 2 amide bonds. The number of amides is 2. The third-order valence-corrected chi connectivity index (χ3v) is 2.44. The number of benzene rings is 1. The molecule has 4 heteroatoms. The summed E-state index contributed by atoms with van der Waals surface area (Å²) >= 11 is 0. The van der Waals surface area contributed by atoms with E-state index in [0.29, 0.717) is 6.54 Å². The van der Waals surface area contributed by atoms with Gasteiger partial charge in [0.15, 0.2) is 0 Å². The van der Waals surface area contributed by atoms with Crippen LogP contribution >= 0.6 is 0 Å². The van der Waals surface area contributed by atoms with Crippen LogP contribution in [0.4, 0.5) is 5.69 Å². The molecule has 1 aromatic carbocycles. The molecule has 0 atom stereocenters. The van der Waals surface area contributed by atoms with Gasteiger partial charge in [0.1, 0.15) is 6.54 Å². The Morgan fingerprint density at radius 2 is 2.17 bits per heavy atom. The van der Waals surface area contributed by atoms with Crippen LogP contribution in [0.5, 0.6) is 0 Å². The molecule has 0 aliphatic rings. The molecule has 0 heterocycles. The number of hydrogen-bond acceptors (Lipinski definition) is 2. The van der Waals surface area contributed by atoms with E-state index in [1.807, 2.05) is 31.2 Å². The molecule has 1 rings (SSSR count). The van der Waals surface area contributed by atoms with Gasteiger partial charge in [-0.2, -0.15) is 0 Å². The third kappa shape index (κ3) is 4.05. The number of carbonyl (C=O) groups excluding carboxylic acids is 2. The summed E-state index contributed by atoms with van der Waals surface area (Å²) in [4.78, 5) is 24.7. The smallest absolute Gasteiger partial charge is 0.240 e.